The molecule has 5 nitrogen and oxygen atoms in total. The maximum atomic E-state index is 6.76. The topological polar surface area (TPSA) is 65.0 Å². The summed E-state index contributed by atoms with van der Waals surface area (Å²) in [5, 5.41) is 4.22. The summed E-state index contributed by atoms with van der Waals surface area (Å²) in [7, 11) is 0. The van der Waals surface area contributed by atoms with Crippen molar-refractivity contribution in [1.82, 2.24) is 15.0 Å². The number of rotatable bonds is 5. The molecule has 0 aliphatic rings. The van der Waals surface area contributed by atoms with Crippen LogP contribution in [0.5, 0.6) is 0 Å². The molecule has 5 heteroatoms. The lowest BCUT2D eigenvalue weighted by molar-refractivity contribution is 0.668. The van der Waals surface area contributed by atoms with Crippen molar-refractivity contribution in [2.24, 2.45) is 0 Å². The molecule has 0 saturated carbocycles. The van der Waals surface area contributed by atoms with Crippen LogP contribution >= 0.6 is 0 Å². The van der Waals surface area contributed by atoms with Gasteiger partial charge in [-0.25, -0.2) is 15.0 Å². The molecule has 0 bridgehead atoms. The Morgan fingerprint density at radius 2 is 0.920 bits per heavy atom. The molecule has 234 valence electrons. The minimum Gasteiger partial charge on any atom is -0.456 e. The molecule has 0 spiro atoms. The summed E-state index contributed by atoms with van der Waals surface area (Å²) in [6, 6.07) is 55.7. The molecule has 0 unspecified atom stereocenters. The number of aromatic nitrogens is 3. The van der Waals surface area contributed by atoms with Crippen LogP contribution < -0.4 is 0 Å². The van der Waals surface area contributed by atoms with Crippen LogP contribution in [0.4, 0.5) is 0 Å². The van der Waals surface area contributed by atoms with E-state index in [1.165, 1.54) is 5.56 Å². The van der Waals surface area contributed by atoms with Gasteiger partial charge in [0.1, 0.15) is 22.3 Å². The predicted octanol–water partition coefficient (Wildman–Crippen LogP) is 12.0. The van der Waals surface area contributed by atoms with Gasteiger partial charge in [-0.1, -0.05) is 133 Å². The first-order chi connectivity index (χ1) is 24.8. The first-order valence-corrected chi connectivity index (χ1v) is 16.6. The van der Waals surface area contributed by atoms with Crippen molar-refractivity contribution in [3.8, 4) is 56.4 Å². The Morgan fingerprint density at radius 1 is 0.320 bits per heavy atom. The summed E-state index contributed by atoms with van der Waals surface area (Å²) >= 11 is 0. The Morgan fingerprint density at radius 3 is 1.62 bits per heavy atom. The molecule has 0 radical (unpaired) electrons. The second kappa shape index (κ2) is 11.4. The minimum absolute atomic E-state index is 0.587. The highest BCUT2D eigenvalue weighted by molar-refractivity contribution is 6.17. The Hall–Kier alpha value is -6.85. The zero-order valence-electron chi connectivity index (χ0n) is 26.7. The Labute approximate surface area is 287 Å². The van der Waals surface area contributed by atoms with Gasteiger partial charge in [0.2, 0.25) is 0 Å². The monoisotopic (exact) mass is 641 g/mol. The summed E-state index contributed by atoms with van der Waals surface area (Å²) < 4.78 is 13.1. The molecule has 10 rings (SSSR count). The van der Waals surface area contributed by atoms with Crippen molar-refractivity contribution in [3.05, 3.63) is 164 Å². The van der Waals surface area contributed by atoms with Crippen molar-refractivity contribution in [2.45, 2.75) is 0 Å². The van der Waals surface area contributed by atoms with E-state index in [1.54, 1.807) is 0 Å². The highest BCUT2D eigenvalue weighted by atomic mass is 16.3. The van der Waals surface area contributed by atoms with Crippen molar-refractivity contribution in [3.63, 3.8) is 0 Å². The first-order valence-electron chi connectivity index (χ1n) is 16.6. The zero-order chi connectivity index (χ0) is 33.0. The summed E-state index contributed by atoms with van der Waals surface area (Å²) in [5.41, 5.74) is 10.4. The quantitative estimate of drug-likeness (QED) is 0.187. The second-order valence-electron chi connectivity index (χ2n) is 12.4. The van der Waals surface area contributed by atoms with Crippen LogP contribution in [-0.2, 0) is 0 Å². The fourth-order valence-electron chi connectivity index (χ4n) is 6.95. The van der Waals surface area contributed by atoms with Gasteiger partial charge in [0, 0.05) is 43.8 Å². The van der Waals surface area contributed by atoms with Gasteiger partial charge < -0.3 is 8.83 Å². The molecule has 10 aromatic rings. The van der Waals surface area contributed by atoms with Gasteiger partial charge in [-0.3, -0.25) is 0 Å². The van der Waals surface area contributed by atoms with E-state index >= 15 is 0 Å². The van der Waals surface area contributed by atoms with Crippen molar-refractivity contribution in [2.75, 3.05) is 0 Å². The zero-order valence-corrected chi connectivity index (χ0v) is 26.7. The van der Waals surface area contributed by atoms with E-state index in [0.717, 1.165) is 77.3 Å². The number of hydrogen-bond acceptors (Lipinski definition) is 5. The van der Waals surface area contributed by atoms with E-state index in [0.29, 0.717) is 17.5 Å². The molecule has 0 N–H and O–H groups in total. The third kappa shape index (κ3) is 4.67. The van der Waals surface area contributed by atoms with Crippen molar-refractivity contribution < 1.29 is 8.83 Å². The van der Waals surface area contributed by atoms with Gasteiger partial charge in [-0.2, -0.15) is 0 Å². The molecule has 7 aromatic carbocycles. The van der Waals surface area contributed by atoms with Crippen LogP contribution in [0.25, 0.3) is 100 Å². The SMILES string of the molecule is c1ccc(-c2ccc3oc4cccc(-c5cccc6c5oc5cc(-c7nc(-c8ccccc8)nc(-c8ccccc8)n7)ccc56)c4c3c2)cc1. The van der Waals surface area contributed by atoms with Crippen LogP contribution in [0.2, 0.25) is 0 Å². The number of hydrogen-bond donors (Lipinski definition) is 0. The standard InChI is InChI=1S/C45H27N3O2/c1-4-12-28(13-5-1)31-23-25-38-37(26-31)41-34(18-11-21-39(41)49-38)36-20-10-19-35-33-24-22-32(27-40(33)50-42(35)36)45-47-43(29-14-6-2-7-15-29)46-44(48-45)30-16-8-3-9-17-30/h1-27H. The summed E-state index contributed by atoms with van der Waals surface area (Å²) in [5.74, 6) is 1.83. The number of benzene rings is 7. The van der Waals surface area contributed by atoms with E-state index in [1.807, 2.05) is 84.9 Å². The van der Waals surface area contributed by atoms with Crippen molar-refractivity contribution in [1.29, 1.82) is 0 Å². The second-order valence-corrected chi connectivity index (χ2v) is 12.4. The molecule has 0 aliphatic carbocycles. The van der Waals surface area contributed by atoms with Gasteiger partial charge in [-0.05, 0) is 47.0 Å². The van der Waals surface area contributed by atoms with Gasteiger partial charge in [-0.15, -0.1) is 0 Å². The normalized spacial score (nSPS) is 11.6. The van der Waals surface area contributed by atoms with Crippen LogP contribution in [-0.4, -0.2) is 15.0 Å². The van der Waals surface area contributed by atoms with Crippen LogP contribution in [0.15, 0.2) is 173 Å². The van der Waals surface area contributed by atoms with Crippen LogP contribution in [0, 0.1) is 0 Å². The maximum absolute atomic E-state index is 6.76. The number of nitrogens with zero attached hydrogens (tertiary/aromatic N) is 3. The average molecular weight is 642 g/mol. The molecule has 0 atom stereocenters. The number of furan rings is 2. The summed E-state index contributed by atoms with van der Waals surface area (Å²) in [6.45, 7) is 0. The average Bonchev–Trinajstić information content (AvgIpc) is 3.76. The van der Waals surface area contributed by atoms with Gasteiger partial charge >= 0.3 is 0 Å². The molecule has 3 aromatic heterocycles. The smallest absolute Gasteiger partial charge is 0.164 e. The van der Waals surface area contributed by atoms with Crippen LogP contribution in [0.1, 0.15) is 0 Å². The summed E-state index contributed by atoms with van der Waals surface area (Å²) in [4.78, 5) is 14.7. The Kier molecular flexibility index (Phi) is 6.42. The molecule has 0 saturated heterocycles. The van der Waals surface area contributed by atoms with Gasteiger partial charge in [0.05, 0.1) is 0 Å². The number of para-hydroxylation sites is 1. The highest BCUT2D eigenvalue weighted by Crippen LogP contribution is 2.43. The number of fused-ring (bicyclic) bond motifs is 6. The van der Waals surface area contributed by atoms with Gasteiger partial charge in [0.15, 0.2) is 17.5 Å². The van der Waals surface area contributed by atoms with Gasteiger partial charge in [0.25, 0.3) is 0 Å². The highest BCUT2D eigenvalue weighted by Gasteiger charge is 2.19. The lowest BCUT2D eigenvalue weighted by Gasteiger charge is -2.08. The third-order valence-corrected chi connectivity index (χ3v) is 9.35. The van der Waals surface area contributed by atoms with Crippen LogP contribution in [0.3, 0.4) is 0 Å². The molecule has 50 heavy (non-hydrogen) atoms. The first kappa shape index (κ1) is 28.2. The summed E-state index contributed by atoms with van der Waals surface area (Å²) in [6.07, 6.45) is 0. The van der Waals surface area contributed by atoms with E-state index in [4.69, 9.17) is 23.8 Å². The molecular formula is C45H27N3O2. The molecule has 0 fully saturated rings. The Balaban J connectivity index is 1.14. The molecule has 0 aliphatic heterocycles. The molecule has 0 amide bonds. The lowest BCUT2D eigenvalue weighted by Crippen LogP contribution is -2.00. The van der Waals surface area contributed by atoms with E-state index in [-0.39, 0.29) is 0 Å². The minimum atomic E-state index is 0.587. The maximum Gasteiger partial charge on any atom is 0.164 e. The Bertz CT molecular complexity index is 2800. The van der Waals surface area contributed by atoms with Crippen molar-refractivity contribution >= 4 is 43.9 Å². The van der Waals surface area contributed by atoms with E-state index in [9.17, 15) is 0 Å². The lowest BCUT2D eigenvalue weighted by atomic mass is 9.96. The third-order valence-electron chi connectivity index (χ3n) is 9.35. The van der Waals surface area contributed by atoms with E-state index in [2.05, 4.69) is 78.9 Å². The predicted molar refractivity (Wildman–Crippen MR) is 202 cm³/mol. The molecular weight excluding hydrogens is 615 g/mol. The fourth-order valence-corrected chi connectivity index (χ4v) is 6.95. The molecule has 3 heterocycles. The fraction of sp³-hybridized carbons (Fsp3) is 0. The van der Waals surface area contributed by atoms with E-state index < -0.39 is 0 Å². The largest absolute Gasteiger partial charge is 0.456 e.